The van der Waals surface area contributed by atoms with E-state index in [1.54, 1.807) is 0 Å². The van der Waals surface area contributed by atoms with Crippen molar-refractivity contribution < 1.29 is 19.2 Å². The molecular formula is C13H24N2O3. The number of hydrogen-bond donors (Lipinski definition) is 1. The normalized spacial score (nSPS) is 11.7. The van der Waals surface area contributed by atoms with Crippen molar-refractivity contribution in [2.45, 2.75) is 26.2 Å². The lowest BCUT2D eigenvalue weighted by molar-refractivity contribution is -0.884. The number of hydrogen-bond acceptors (Lipinski definition) is 3. The standard InChI is InChI=1S/C13H24N2O3/c1-4-5-6-8-12(16)14-9-7-10-15(2,3)11-13(17)18/h5-6H,4,7-11H2,1-3H3,(H-,14,16,17,18)/b6-5-. The first-order valence-corrected chi connectivity index (χ1v) is 6.31. The molecular weight excluding hydrogens is 232 g/mol. The van der Waals surface area contributed by atoms with Crippen molar-refractivity contribution in [1.82, 2.24) is 5.32 Å². The highest BCUT2D eigenvalue weighted by Gasteiger charge is 2.14. The molecule has 0 aromatic carbocycles. The maximum absolute atomic E-state index is 11.3. The Balaban J connectivity index is 3.69. The van der Waals surface area contributed by atoms with Gasteiger partial charge in [0.05, 0.1) is 26.6 Å². The molecule has 0 aliphatic rings. The molecule has 0 atom stereocenters. The number of carbonyl (C=O) groups excluding carboxylic acids is 2. The Morgan fingerprint density at radius 1 is 1.28 bits per heavy atom. The van der Waals surface area contributed by atoms with Gasteiger partial charge in [-0.25, -0.2) is 0 Å². The lowest BCUT2D eigenvalue weighted by Gasteiger charge is -2.30. The summed E-state index contributed by atoms with van der Waals surface area (Å²) in [5, 5.41) is 13.3. The zero-order chi connectivity index (χ0) is 14.0. The number of carboxylic acids is 1. The van der Waals surface area contributed by atoms with E-state index in [9.17, 15) is 14.7 Å². The number of carbonyl (C=O) groups is 2. The second-order valence-corrected chi connectivity index (χ2v) is 4.98. The Labute approximate surface area is 109 Å². The average molecular weight is 256 g/mol. The highest BCUT2D eigenvalue weighted by atomic mass is 16.4. The Kier molecular flexibility index (Phi) is 8.03. The second kappa shape index (κ2) is 8.69. The molecule has 0 aliphatic heterocycles. The van der Waals surface area contributed by atoms with Crippen molar-refractivity contribution in [3.8, 4) is 0 Å². The van der Waals surface area contributed by atoms with Gasteiger partial charge in [-0.2, -0.15) is 0 Å². The van der Waals surface area contributed by atoms with E-state index in [2.05, 4.69) is 5.32 Å². The van der Waals surface area contributed by atoms with Gasteiger partial charge in [-0.3, -0.25) is 4.79 Å². The maximum atomic E-state index is 11.3. The first kappa shape index (κ1) is 16.6. The molecule has 0 spiro atoms. The van der Waals surface area contributed by atoms with E-state index in [4.69, 9.17) is 0 Å². The van der Waals surface area contributed by atoms with Gasteiger partial charge in [0.25, 0.3) is 0 Å². The molecule has 0 saturated heterocycles. The molecule has 1 amide bonds. The molecule has 0 aromatic heterocycles. The highest BCUT2D eigenvalue weighted by Crippen LogP contribution is 1.97. The SMILES string of the molecule is CC/C=C\CC(=O)NCCC[N+](C)(C)CC(=O)[O-]. The van der Waals surface area contributed by atoms with E-state index < -0.39 is 5.97 Å². The number of rotatable bonds is 9. The molecule has 0 bridgehead atoms. The van der Waals surface area contributed by atoms with Crippen molar-refractivity contribution in [3.63, 3.8) is 0 Å². The summed E-state index contributed by atoms with van der Waals surface area (Å²) < 4.78 is 0.369. The fraction of sp³-hybridized carbons (Fsp3) is 0.692. The molecule has 0 heterocycles. The van der Waals surface area contributed by atoms with Crippen LogP contribution in [-0.2, 0) is 9.59 Å². The van der Waals surface area contributed by atoms with Gasteiger partial charge >= 0.3 is 0 Å². The van der Waals surface area contributed by atoms with Gasteiger partial charge in [0, 0.05) is 19.4 Å². The summed E-state index contributed by atoms with van der Waals surface area (Å²) in [6, 6.07) is 0. The van der Waals surface area contributed by atoms with E-state index in [-0.39, 0.29) is 12.5 Å². The number of likely N-dealkylation sites (N-methyl/N-ethyl adjacent to an activating group) is 1. The molecule has 5 heteroatoms. The van der Waals surface area contributed by atoms with Gasteiger partial charge in [0.15, 0.2) is 0 Å². The molecule has 18 heavy (non-hydrogen) atoms. The molecule has 0 aromatic rings. The molecule has 0 unspecified atom stereocenters. The Morgan fingerprint density at radius 2 is 1.94 bits per heavy atom. The molecule has 0 radical (unpaired) electrons. The van der Waals surface area contributed by atoms with Gasteiger partial charge in [-0.15, -0.1) is 0 Å². The van der Waals surface area contributed by atoms with Gasteiger partial charge < -0.3 is 19.7 Å². The van der Waals surface area contributed by atoms with Crippen LogP contribution in [0.2, 0.25) is 0 Å². The summed E-state index contributed by atoms with van der Waals surface area (Å²) >= 11 is 0. The number of quaternary nitrogens is 1. The zero-order valence-electron chi connectivity index (χ0n) is 11.6. The van der Waals surface area contributed by atoms with E-state index in [1.807, 2.05) is 33.2 Å². The van der Waals surface area contributed by atoms with Gasteiger partial charge in [0.2, 0.25) is 5.91 Å². The van der Waals surface area contributed by atoms with Crippen LogP contribution in [0.5, 0.6) is 0 Å². The summed E-state index contributed by atoms with van der Waals surface area (Å²) in [5.41, 5.74) is 0. The minimum Gasteiger partial charge on any atom is -0.544 e. The second-order valence-electron chi connectivity index (χ2n) is 4.98. The van der Waals surface area contributed by atoms with Crippen molar-refractivity contribution >= 4 is 11.9 Å². The van der Waals surface area contributed by atoms with Crippen molar-refractivity contribution in [1.29, 1.82) is 0 Å². The lowest BCUT2D eigenvalue weighted by Crippen LogP contribution is -2.49. The van der Waals surface area contributed by atoms with Crippen LogP contribution in [0.1, 0.15) is 26.2 Å². The first-order chi connectivity index (χ1) is 8.37. The van der Waals surface area contributed by atoms with E-state index >= 15 is 0 Å². The van der Waals surface area contributed by atoms with Crippen LogP contribution in [0.15, 0.2) is 12.2 Å². The number of carboxylic acid groups (broad SMARTS) is 1. The van der Waals surface area contributed by atoms with E-state index in [1.165, 1.54) is 0 Å². The molecule has 0 fully saturated rings. The first-order valence-electron chi connectivity index (χ1n) is 6.31. The summed E-state index contributed by atoms with van der Waals surface area (Å²) in [5.74, 6) is -1.04. The van der Waals surface area contributed by atoms with Crippen LogP contribution in [0, 0.1) is 0 Å². The van der Waals surface area contributed by atoms with Crippen LogP contribution in [-0.4, -0.2) is 50.1 Å². The number of amides is 1. The largest absolute Gasteiger partial charge is 0.544 e. The third-order valence-electron chi connectivity index (χ3n) is 2.53. The number of nitrogens with one attached hydrogen (secondary N) is 1. The van der Waals surface area contributed by atoms with Crippen LogP contribution in [0.4, 0.5) is 0 Å². The van der Waals surface area contributed by atoms with Gasteiger partial charge in [-0.05, 0) is 6.42 Å². The number of aliphatic carboxylic acids is 1. The predicted molar refractivity (Wildman–Crippen MR) is 68.5 cm³/mol. The van der Waals surface area contributed by atoms with Gasteiger partial charge in [-0.1, -0.05) is 19.1 Å². The lowest BCUT2D eigenvalue weighted by atomic mass is 10.3. The number of nitrogens with zero attached hydrogens (tertiary/aromatic N) is 1. The zero-order valence-corrected chi connectivity index (χ0v) is 11.6. The highest BCUT2D eigenvalue weighted by molar-refractivity contribution is 5.77. The van der Waals surface area contributed by atoms with Crippen molar-refractivity contribution in [2.24, 2.45) is 0 Å². The molecule has 0 aliphatic carbocycles. The Bertz CT molecular complexity index is 299. The smallest absolute Gasteiger partial charge is 0.223 e. The topological polar surface area (TPSA) is 69.2 Å². The Hall–Kier alpha value is -1.36. The van der Waals surface area contributed by atoms with Crippen LogP contribution in [0.25, 0.3) is 0 Å². The quantitative estimate of drug-likeness (QED) is 0.349. The summed E-state index contributed by atoms with van der Waals surface area (Å²) in [6.45, 7) is 3.28. The summed E-state index contributed by atoms with van der Waals surface area (Å²) in [6.07, 6.45) is 5.90. The Morgan fingerprint density at radius 3 is 2.50 bits per heavy atom. The fourth-order valence-corrected chi connectivity index (χ4v) is 1.59. The van der Waals surface area contributed by atoms with Crippen LogP contribution in [0.3, 0.4) is 0 Å². The third kappa shape index (κ3) is 9.84. The minimum absolute atomic E-state index is 0.00454. The number of allylic oxidation sites excluding steroid dienone is 1. The molecule has 0 saturated carbocycles. The average Bonchev–Trinajstić information content (AvgIpc) is 2.23. The predicted octanol–water partition coefficient (Wildman–Crippen LogP) is -0.325. The van der Waals surface area contributed by atoms with Crippen LogP contribution >= 0.6 is 0 Å². The van der Waals surface area contributed by atoms with Crippen molar-refractivity contribution in [3.05, 3.63) is 12.2 Å². The molecule has 1 N–H and O–H groups in total. The monoisotopic (exact) mass is 256 g/mol. The molecule has 0 rings (SSSR count). The summed E-state index contributed by atoms with van der Waals surface area (Å²) in [4.78, 5) is 21.8. The maximum Gasteiger partial charge on any atom is 0.223 e. The van der Waals surface area contributed by atoms with Crippen LogP contribution < -0.4 is 10.4 Å². The molecule has 104 valence electrons. The van der Waals surface area contributed by atoms with E-state index in [0.29, 0.717) is 24.0 Å². The fourth-order valence-electron chi connectivity index (χ4n) is 1.59. The van der Waals surface area contributed by atoms with E-state index in [0.717, 1.165) is 12.8 Å². The summed E-state index contributed by atoms with van der Waals surface area (Å²) in [7, 11) is 3.67. The molecule has 5 nitrogen and oxygen atoms in total. The van der Waals surface area contributed by atoms with Gasteiger partial charge in [0.1, 0.15) is 6.54 Å². The minimum atomic E-state index is -1.05. The third-order valence-corrected chi connectivity index (χ3v) is 2.53. The van der Waals surface area contributed by atoms with Crippen molar-refractivity contribution in [2.75, 3.05) is 33.7 Å².